The molecule has 2 atom stereocenters. The van der Waals surface area contributed by atoms with Crippen molar-refractivity contribution >= 4 is 11.9 Å². The van der Waals surface area contributed by atoms with Crippen LogP contribution >= 0.6 is 0 Å². The summed E-state index contributed by atoms with van der Waals surface area (Å²) in [5, 5.41) is 14.9. The van der Waals surface area contributed by atoms with E-state index in [4.69, 9.17) is 9.84 Å². The Labute approximate surface area is 223 Å². The van der Waals surface area contributed by atoms with Gasteiger partial charge in [0, 0.05) is 19.0 Å². The molecule has 0 aliphatic heterocycles. The van der Waals surface area contributed by atoms with E-state index in [9.17, 15) is 18.4 Å². The number of hydrogen-bond donors (Lipinski definition) is 3. The van der Waals surface area contributed by atoms with Crippen molar-refractivity contribution in [3.63, 3.8) is 0 Å². The molecule has 0 aromatic heterocycles. The molecular weight excluding hydrogens is 490 g/mol. The van der Waals surface area contributed by atoms with Crippen molar-refractivity contribution in [3.8, 4) is 11.5 Å². The van der Waals surface area contributed by atoms with E-state index < -0.39 is 23.7 Å². The average molecular weight is 527 g/mol. The van der Waals surface area contributed by atoms with Crippen molar-refractivity contribution in [2.75, 3.05) is 6.54 Å². The molecule has 0 saturated carbocycles. The molecule has 0 aliphatic carbocycles. The highest BCUT2D eigenvalue weighted by Gasteiger charge is 2.20. The van der Waals surface area contributed by atoms with Gasteiger partial charge in [0.15, 0.2) is 0 Å². The second kappa shape index (κ2) is 14.7. The Bertz CT molecular complexity index is 1210. The molecule has 6 nitrogen and oxygen atoms in total. The van der Waals surface area contributed by atoms with Crippen molar-refractivity contribution in [3.05, 3.63) is 95.2 Å². The number of rotatable bonds is 14. The van der Waals surface area contributed by atoms with Crippen LogP contribution in [0, 0.1) is 18.7 Å². The van der Waals surface area contributed by atoms with Gasteiger partial charge in [0.05, 0.1) is 18.1 Å². The number of allylic oxidation sites excluding steroid dienone is 2. The first kappa shape index (κ1) is 30.3. The molecule has 8 heteroatoms. The molecule has 2 rings (SSSR count). The fourth-order valence-electron chi connectivity index (χ4n) is 3.94. The smallest absolute Gasteiger partial charge is 0.303 e. The maximum Gasteiger partial charge on any atom is 0.303 e. The van der Waals surface area contributed by atoms with Crippen molar-refractivity contribution < 1.29 is 28.2 Å². The summed E-state index contributed by atoms with van der Waals surface area (Å²) in [6.07, 6.45) is 4.34. The standard InChI is InChI=1S/C30H36F2N2O4/c1-6-14-33-29(21(5)19(3)12-13-31)30(37)34-27(7-2)23-16-24(32)18-26(17-23)38-25-10-8-22(20(4)15-25)9-11-28(35)36/h6,8,10,12-13,15-19,27,33H,1,7,9,11,14H2,2-5H3,(H,34,37)(H,35,36)/b13-12+,29-21-. The number of benzene rings is 2. The third-order valence-electron chi connectivity index (χ3n) is 6.26. The van der Waals surface area contributed by atoms with Crippen LogP contribution in [0.3, 0.4) is 0 Å². The van der Waals surface area contributed by atoms with E-state index >= 15 is 0 Å². The summed E-state index contributed by atoms with van der Waals surface area (Å²) in [6, 6.07) is 9.06. The molecule has 204 valence electrons. The zero-order valence-corrected chi connectivity index (χ0v) is 22.3. The number of aliphatic carboxylic acids is 1. The predicted molar refractivity (Wildman–Crippen MR) is 145 cm³/mol. The first-order valence-electron chi connectivity index (χ1n) is 12.5. The topological polar surface area (TPSA) is 87.7 Å². The molecule has 1 amide bonds. The van der Waals surface area contributed by atoms with Gasteiger partial charge in [0.2, 0.25) is 0 Å². The molecule has 0 aliphatic rings. The fourth-order valence-corrected chi connectivity index (χ4v) is 3.94. The lowest BCUT2D eigenvalue weighted by Gasteiger charge is -2.22. The number of carboxylic acid groups (broad SMARTS) is 1. The third kappa shape index (κ3) is 8.87. The van der Waals surface area contributed by atoms with Crippen LogP contribution in [0.15, 0.2) is 72.7 Å². The molecule has 0 saturated heterocycles. The molecule has 2 aromatic carbocycles. The Kier molecular flexibility index (Phi) is 11.7. The highest BCUT2D eigenvalue weighted by atomic mass is 19.1. The van der Waals surface area contributed by atoms with E-state index in [1.807, 2.05) is 13.8 Å². The van der Waals surface area contributed by atoms with Gasteiger partial charge in [-0.3, -0.25) is 9.59 Å². The van der Waals surface area contributed by atoms with Gasteiger partial charge in [-0.05, 0) is 85.2 Å². The van der Waals surface area contributed by atoms with E-state index in [-0.39, 0.29) is 18.1 Å². The van der Waals surface area contributed by atoms with Gasteiger partial charge in [-0.25, -0.2) is 8.78 Å². The van der Waals surface area contributed by atoms with Gasteiger partial charge >= 0.3 is 5.97 Å². The summed E-state index contributed by atoms with van der Waals surface area (Å²) in [6.45, 7) is 11.3. The van der Waals surface area contributed by atoms with Crippen LogP contribution in [0.25, 0.3) is 0 Å². The molecule has 0 bridgehead atoms. The Hall–Kier alpha value is -3.94. The molecule has 0 spiro atoms. The van der Waals surface area contributed by atoms with Crippen LogP contribution in [0.4, 0.5) is 8.78 Å². The van der Waals surface area contributed by atoms with Gasteiger partial charge in [-0.15, -0.1) is 6.58 Å². The minimum absolute atomic E-state index is 0.0312. The number of carbonyl (C=O) groups is 2. The maximum atomic E-state index is 14.6. The number of hydrogen-bond acceptors (Lipinski definition) is 4. The Morgan fingerprint density at radius 3 is 2.53 bits per heavy atom. The molecular formula is C30H36F2N2O4. The van der Waals surface area contributed by atoms with Crippen LogP contribution in [-0.2, 0) is 16.0 Å². The molecule has 3 N–H and O–H groups in total. The Morgan fingerprint density at radius 2 is 1.92 bits per heavy atom. The SMILES string of the molecule is C=CCN/C(C(=O)NC(CC)c1cc(F)cc(Oc2ccc(CCC(=O)O)c(C)c2)c1)=C(/C)C(C)/C=C/F. The summed E-state index contributed by atoms with van der Waals surface area (Å²) in [7, 11) is 0. The second-order valence-electron chi connectivity index (χ2n) is 9.07. The molecule has 0 radical (unpaired) electrons. The minimum atomic E-state index is -0.866. The second-order valence-corrected chi connectivity index (χ2v) is 9.07. The Morgan fingerprint density at radius 1 is 1.18 bits per heavy atom. The number of aryl methyl sites for hydroxylation is 2. The lowest BCUT2D eigenvalue weighted by molar-refractivity contribution is -0.137. The van der Waals surface area contributed by atoms with Crippen LogP contribution in [0.1, 0.15) is 56.3 Å². The van der Waals surface area contributed by atoms with Crippen LogP contribution in [0.5, 0.6) is 11.5 Å². The first-order valence-corrected chi connectivity index (χ1v) is 12.5. The lowest BCUT2D eigenvalue weighted by Crippen LogP contribution is -2.36. The van der Waals surface area contributed by atoms with Gasteiger partial charge in [-0.1, -0.05) is 26.0 Å². The summed E-state index contributed by atoms with van der Waals surface area (Å²) in [4.78, 5) is 24.1. The van der Waals surface area contributed by atoms with E-state index in [1.165, 1.54) is 18.2 Å². The predicted octanol–water partition coefficient (Wildman–Crippen LogP) is 6.68. The van der Waals surface area contributed by atoms with Crippen molar-refractivity contribution in [1.82, 2.24) is 10.6 Å². The van der Waals surface area contributed by atoms with Crippen LogP contribution in [-0.4, -0.2) is 23.5 Å². The van der Waals surface area contributed by atoms with Gasteiger partial charge in [0.25, 0.3) is 5.91 Å². The molecule has 38 heavy (non-hydrogen) atoms. The number of carboxylic acids is 1. The fraction of sp³-hybridized carbons (Fsp3) is 0.333. The minimum Gasteiger partial charge on any atom is -0.481 e. The number of nitrogens with one attached hydrogen (secondary N) is 2. The van der Waals surface area contributed by atoms with Crippen LogP contribution in [0.2, 0.25) is 0 Å². The average Bonchev–Trinajstić information content (AvgIpc) is 2.86. The van der Waals surface area contributed by atoms with Crippen molar-refractivity contribution in [2.45, 2.75) is 53.0 Å². The summed E-state index contributed by atoms with van der Waals surface area (Å²) in [5.74, 6) is -1.34. The number of amides is 1. The van der Waals surface area contributed by atoms with Gasteiger partial charge in [0.1, 0.15) is 17.3 Å². The third-order valence-corrected chi connectivity index (χ3v) is 6.26. The molecule has 0 fully saturated rings. The van der Waals surface area contributed by atoms with E-state index in [2.05, 4.69) is 17.2 Å². The van der Waals surface area contributed by atoms with Crippen molar-refractivity contribution in [1.29, 1.82) is 0 Å². The molecule has 0 heterocycles. The zero-order valence-electron chi connectivity index (χ0n) is 22.3. The highest BCUT2D eigenvalue weighted by Crippen LogP contribution is 2.29. The summed E-state index contributed by atoms with van der Waals surface area (Å²) in [5.41, 5.74) is 3.26. The largest absolute Gasteiger partial charge is 0.481 e. The molecule has 2 aromatic rings. The van der Waals surface area contributed by atoms with Crippen LogP contribution < -0.4 is 15.4 Å². The zero-order chi connectivity index (χ0) is 28.2. The van der Waals surface area contributed by atoms with E-state index in [0.29, 0.717) is 48.3 Å². The number of ether oxygens (including phenoxy) is 1. The Balaban J connectivity index is 2.28. The lowest BCUT2D eigenvalue weighted by atomic mass is 9.99. The maximum absolute atomic E-state index is 14.6. The monoisotopic (exact) mass is 526 g/mol. The highest BCUT2D eigenvalue weighted by molar-refractivity contribution is 5.94. The van der Waals surface area contributed by atoms with Gasteiger partial charge < -0.3 is 20.5 Å². The number of halogens is 2. The normalized spacial score (nSPS) is 13.4. The quantitative estimate of drug-likeness (QED) is 0.189. The summed E-state index contributed by atoms with van der Waals surface area (Å²) < 4.78 is 33.3. The van der Waals surface area contributed by atoms with E-state index in [0.717, 1.165) is 11.1 Å². The number of carbonyl (C=O) groups excluding carboxylic acids is 1. The summed E-state index contributed by atoms with van der Waals surface area (Å²) >= 11 is 0. The molecule has 2 unspecified atom stereocenters. The van der Waals surface area contributed by atoms with Gasteiger partial charge in [-0.2, -0.15) is 0 Å². The first-order chi connectivity index (χ1) is 18.1. The van der Waals surface area contributed by atoms with Crippen molar-refractivity contribution in [2.24, 2.45) is 5.92 Å². The van der Waals surface area contributed by atoms with E-state index in [1.54, 1.807) is 44.2 Å².